The zero-order valence-corrected chi connectivity index (χ0v) is 27.3. The quantitative estimate of drug-likeness (QED) is 0.294. The van der Waals surface area contributed by atoms with Crippen molar-refractivity contribution in [2.24, 2.45) is 5.92 Å². The predicted molar refractivity (Wildman–Crippen MR) is 168 cm³/mol. The van der Waals surface area contributed by atoms with Crippen LogP contribution in [0, 0.1) is 5.92 Å². The first kappa shape index (κ1) is 32.7. The molecule has 3 aliphatic heterocycles. The van der Waals surface area contributed by atoms with Crippen molar-refractivity contribution in [1.29, 1.82) is 0 Å². The average Bonchev–Trinajstić information content (AvgIpc) is 3.75. The lowest BCUT2D eigenvalue weighted by Crippen LogP contribution is -2.45. The van der Waals surface area contributed by atoms with E-state index in [0.29, 0.717) is 61.2 Å². The molecule has 0 aromatic heterocycles. The largest absolute Gasteiger partial charge is 0.493 e. The van der Waals surface area contributed by atoms with Gasteiger partial charge in [-0.1, -0.05) is 25.5 Å². The summed E-state index contributed by atoms with van der Waals surface area (Å²) in [7, 11) is 8.03. The van der Waals surface area contributed by atoms with Crippen molar-refractivity contribution in [2.45, 2.75) is 51.0 Å². The Bertz CT molecular complexity index is 1360. The number of hydrogen-bond donors (Lipinski definition) is 1. The molecule has 1 saturated heterocycles. The van der Waals surface area contributed by atoms with Crippen molar-refractivity contribution < 1.29 is 42.9 Å². The van der Waals surface area contributed by atoms with Crippen LogP contribution in [-0.2, 0) is 16.0 Å². The van der Waals surface area contributed by atoms with Gasteiger partial charge in [-0.05, 0) is 48.6 Å². The Kier molecular flexibility index (Phi) is 10.3. The number of aryl methyl sites for hydroxylation is 1. The van der Waals surface area contributed by atoms with E-state index in [1.54, 1.807) is 7.11 Å². The number of nitrogens with zero attached hydrogens (tertiary/aromatic N) is 3. The number of fused-ring (bicyclic) bond motifs is 2. The second-order valence-corrected chi connectivity index (χ2v) is 13.2. The van der Waals surface area contributed by atoms with Crippen LogP contribution in [0.3, 0.4) is 0 Å². The highest BCUT2D eigenvalue weighted by Crippen LogP contribution is 2.47. The number of methoxy groups -OCH3 is 1. The van der Waals surface area contributed by atoms with Gasteiger partial charge in [-0.25, -0.2) is 0 Å². The molecule has 1 unspecified atom stereocenters. The van der Waals surface area contributed by atoms with Crippen molar-refractivity contribution in [3.05, 3.63) is 41.5 Å². The average molecular weight is 627 g/mol. The van der Waals surface area contributed by atoms with Gasteiger partial charge in [0.15, 0.2) is 23.0 Å². The van der Waals surface area contributed by atoms with Gasteiger partial charge in [-0.2, -0.15) is 0 Å². The van der Waals surface area contributed by atoms with Crippen LogP contribution >= 0.6 is 0 Å². The Morgan fingerprint density at radius 3 is 2.47 bits per heavy atom. The first-order chi connectivity index (χ1) is 21.6. The molecule has 0 bridgehead atoms. The number of carboxylic acids is 1. The van der Waals surface area contributed by atoms with E-state index < -0.39 is 11.9 Å². The molecule has 3 heterocycles. The fourth-order valence-electron chi connectivity index (χ4n) is 6.76. The molecule has 0 saturated carbocycles. The fraction of sp³-hybridized carbons (Fsp3) is 0.588. The van der Waals surface area contributed by atoms with Gasteiger partial charge in [-0.3, -0.25) is 14.5 Å². The van der Waals surface area contributed by atoms with Gasteiger partial charge < -0.3 is 38.2 Å². The van der Waals surface area contributed by atoms with Crippen molar-refractivity contribution in [3.63, 3.8) is 0 Å². The smallest absolute Gasteiger partial charge is 0.308 e. The van der Waals surface area contributed by atoms with Crippen molar-refractivity contribution in [1.82, 2.24) is 9.80 Å². The van der Waals surface area contributed by atoms with Gasteiger partial charge in [0.25, 0.3) is 0 Å². The van der Waals surface area contributed by atoms with Crippen LogP contribution in [-0.4, -0.2) is 112 Å². The summed E-state index contributed by atoms with van der Waals surface area (Å²) in [6, 6.07) is 9.13. The predicted octanol–water partition coefficient (Wildman–Crippen LogP) is 3.98. The number of unbranched alkanes of at least 4 members (excludes halogenated alkanes) is 1. The molecule has 2 aromatic rings. The molecule has 3 aliphatic rings. The highest BCUT2D eigenvalue weighted by Gasteiger charge is 2.47. The molecule has 1 N–H and O–H groups in total. The molecule has 11 nitrogen and oxygen atoms in total. The number of carbonyl (C=O) groups excluding carboxylic acids is 1. The Morgan fingerprint density at radius 2 is 1.76 bits per heavy atom. The van der Waals surface area contributed by atoms with Gasteiger partial charge >= 0.3 is 5.97 Å². The molecule has 1 amide bonds. The number of para-hydroxylation sites is 1. The van der Waals surface area contributed by atoms with E-state index in [4.69, 9.17) is 23.7 Å². The van der Waals surface area contributed by atoms with Gasteiger partial charge in [-0.15, -0.1) is 0 Å². The van der Waals surface area contributed by atoms with Crippen LogP contribution in [0.15, 0.2) is 30.3 Å². The Labute approximate surface area is 266 Å². The lowest BCUT2D eigenvalue weighted by molar-refractivity contribution is -0.870. The zero-order valence-electron chi connectivity index (χ0n) is 27.3. The Morgan fingerprint density at radius 1 is 1.02 bits per heavy atom. The van der Waals surface area contributed by atoms with Gasteiger partial charge in [0.1, 0.15) is 0 Å². The van der Waals surface area contributed by atoms with E-state index in [2.05, 4.69) is 33.0 Å². The minimum absolute atomic E-state index is 0.0419. The zero-order chi connectivity index (χ0) is 32.1. The maximum Gasteiger partial charge on any atom is 0.308 e. The standard InChI is InChI=1S/C34H47N3O8/c1-6-7-14-35(15-9-16-37(2,3)4)30(38)20-36-19-25(24-17-28(41-5)33-29(18-24)43-22-45-33)31(34(39)40)26(36)13-12-23-10-8-11-27-32(23)44-21-42-27/h8,10-11,17-18,25-26,31H,6-7,9,12-16,19-22H2,1-5H3/p+1/t25-,26+,31?/m1/s1. The summed E-state index contributed by atoms with van der Waals surface area (Å²) in [6.45, 7) is 5.31. The number of carbonyl (C=O) groups is 2. The third-order valence-electron chi connectivity index (χ3n) is 9.06. The van der Waals surface area contributed by atoms with E-state index in [1.807, 2.05) is 35.2 Å². The summed E-state index contributed by atoms with van der Waals surface area (Å²) in [5.74, 6) is 1.01. The molecule has 11 heteroatoms. The minimum Gasteiger partial charge on any atom is -0.493 e. The highest BCUT2D eigenvalue weighted by molar-refractivity contribution is 5.79. The minimum atomic E-state index is -0.889. The first-order valence-electron chi connectivity index (χ1n) is 16.0. The second-order valence-electron chi connectivity index (χ2n) is 13.2. The molecule has 2 aromatic carbocycles. The number of hydrogen-bond acceptors (Lipinski definition) is 8. The Hall–Kier alpha value is -3.70. The number of ether oxygens (including phenoxy) is 5. The number of quaternary nitrogens is 1. The Balaban J connectivity index is 1.43. The summed E-state index contributed by atoms with van der Waals surface area (Å²) >= 11 is 0. The number of amides is 1. The van der Waals surface area contributed by atoms with Crippen LogP contribution in [0.5, 0.6) is 28.7 Å². The van der Waals surface area contributed by atoms with E-state index in [9.17, 15) is 14.7 Å². The number of aliphatic carboxylic acids is 1. The van der Waals surface area contributed by atoms with Crippen molar-refractivity contribution in [2.75, 3.05) is 74.6 Å². The van der Waals surface area contributed by atoms with Crippen LogP contribution in [0.2, 0.25) is 0 Å². The number of carboxylic acid groups (broad SMARTS) is 1. The monoisotopic (exact) mass is 626 g/mol. The topological polar surface area (TPSA) is 107 Å². The van der Waals surface area contributed by atoms with Crippen LogP contribution < -0.4 is 23.7 Å². The van der Waals surface area contributed by atoms with E-state index in [1.165, 1.54) is 0 Å². The molecule has 5 rings (SSSR count). The third-order valence-corrected chi connectivity index (χ3v) is 9.06. The van der Waals surface area contributed by atoms with E-state index in [-0.39, 0.29) is 38.0 Å². The van der Waals surface area contributed by atoms with E-state index >= 15 is 0 Å². The summed E-state index contributed by atoms with van der Waals surface area (Å²) in [4.78, 5) is 31.1. The van der Waals surface area contributed by atoms with Crippen molar-refractivity contribution in [3.8, 4) is 28.7 Å². The molecule has 45 heavy (non-hydrogen) atoms. The van der Waals surface area contributed by atoms with Crippen LogP contribution in [0.25, 0.3) is 0 Å². The number of benzene rings is 2. The molecule has 0 radical (unpaired) electrons. The SMILES string of the molecule is CCCCN(CCC[N+](C)(C)C)C(=O)CN1C[C@H](c2cc(OC)c3c(c2)OCO3)C(C(=O)O)[C@@H]1CCc1cccc2c1OCO2. The maximum atomic E-state index is 13.9. The van der Waals surface area contributed by atoms with Gasteiger partial charge in [0.05, 0.1) is 47.3 Å². The molecular weight excluding hydrogens is 578 g/mol. The molecule has 246 valence electrons. The van der Waals surface area contributed by atoms with Gasteiger partial charge in [0, 0.05) is 38.0 Å². The second kappa shape index (κ2) is 14.2. The molecule has 0 aliphatic carbocycles. The summed E-state index contributed by atoms with van der Waals surface area (Å²) in [6.07, 6.45) is 3.96. The molecule has 0 spiro atoms. The fourth-order valence-corrected chi connectivity index (χ4v) is 6.76. The highest BCUT2D eigenvalue weighted by atomic mass is 16.7. The summed E-state index contributed by atoms with van der Waals surface area (Å²) in [5.41, 5.74) is 1.77. The van der Waals surface area contributed by atoms with Crippen LogP contribution in [0.1, 0.15) is 49.7 Å². The lowest BCUT2D eigenvalue weighted by Gasteiger charge is -2.31. The molecular formula is C34H48N3O8+. The lowest BCUT2D eigenvalue weighted by atomic mass is 9.83. The summed E-state index contributed by atoms with van der Waals surface area (Å²) in [5, 5.41) is 10.7. The van der Waals surface area contributed by atoms with Crippen molar-refractivity contribution >= 4 is 11.9 Å². The van der Waals surface area contributed by atoms with E-state index in [0.717, 1.165) is 41.4 Å². The number of rotatable bonds is 15. The normalized spacial score (nSPS) is 20.4. The van der Waals surface area contributed by atoms with Crippen LogP contribution in [0.4, 0.5) is 0 Å². The maximum absolute atomic E-state index is 13.9. The van der Waals surface area contributed by atoms with Gasteiger partial charge in [0.2, 0.25) is 25.2 Å². The molecule has 1 fully saturated rings. The number of likely N-dealkylation sites (tertiary alicyclic amines) is 1. The summed E-state index contributed by atoms with van der Waals surface area (Å²) < 4.78 is 29.0. The first-order valence-corrected chi connectivity index (χ1v) is 16.0. The third kappa shape index (κ3) is 7.58. The molecule has 3 atom stereocenters.